The number of hydrogen-bond acceptors (Lipinski definition) is 3. The molecule has 154 valence electrons. The predicted octanol–water partition coefficient (Wildman–Crippen LogP) is 2.24. The van der Waals surface area contributed by atoms with Crippen LogP contribution >= 0.6 is 11.6 Å². The zero-order valence-corrected chi connectivity index (χ0v) is 17.4. The van der Waals surface area contributed by atoms with Crippen LogP contribution < -0.4 is 10.6 Å². The Labute approximate surface area is 176 Å². The Kier molecular flexibility index (Phi) is 5.90. The fourth-order valence-electron chi connectivity index (χ4n) is 4.80. The number of rotatable bonds is 7. The molecule has 1 heterocycles. The van der Waals surface area contributed by atoms with Gasteiger partial charge in [-0.05, 0) is 43.2 Å². The van der Waals surface area contributed by atoms with E-state index in [9.17, 15) is 9.59 Å². The number of halogens is 1. The summed E-state index contributed by atoms with van der Waals surface area (Å²) in [6.07, 6.45) is 5.95. The lowest BCUT2D eigenvalue weighted by Crippen LogP contribution is -2.43. The van der Waals surface area contributed by atoms with Crippen LogP contribution in [0.4, 0.5) is 0 Å². The van der Waals surface area contributed by atoms with Gasteiger partial charge in [-0.15, -0.1) is 0 Å². The van der Waals surface area contributed by atoms with Gasteiger partial charge in [0, 0.05) is 31.2 Å². The van der Waals surface area contributed by atoms with Crippen LogP contribution in [0.3, 0.4) is 0 Å². The fourth-order valence-corrected chi connectivity index (χ4v) is 5.03. The molecule has 4 atom stereocenters. The zero-order chi connectivity index (χ0) is 20.4. The number of guanidine groups is 1. The second-order valence-corrected chi connectivity index (χ2v) is 8.26. The predicted molar refractivity (Wildman–Crippen MR) is 114 cm³/mol. The lowest BCUT2D eigenvalue weighted by atomic mass is 9.85. The smallest absolute Gasteiger partial charge is 0.233 e. The summed E-state index contributed by atoms with van der Waals surface area (Å²) in [6, 6.07) is 7.76. The maximum Gasteiger partial charge on any atom is 0.233 e. The number of carbonyl (C=O) groups excluding carboxylic acids is 2. The topological polar surface area (TPSA) is 73.8 Å². The van der Waals surface area contributed by atoms with Crippen molar-refractivity contribution in [3.05, 3.63) is 47.0 Å². The van der Waals surface area contributed by atoms with Crippen LogP contribution in [0.15, 0.2) is 41.4 Å². The van der Waals surface area contributed by atoms with E-state index in [2.05, 4.69) is 27.8 Å². The largest absolute Gasteiger partial charge is 0.357 e. The molecule has 1 aromatic carbocycles. The molecule has 1 saturated carbocycles. The fraction of sp³-hybridized carbons (Fsp3) is 0.500. The van der Waals surface area contributed by atoms with E-state index in [1.807, 2.05) is 31.2 Å². The van der Waals surface area contributed by atoms with Gasteiger partial charge in [-0.25, -0.2) is 0 Å². The van der Waals surface area contributed by atoms with Gasteiger partial charge in [-0.2, -0.15) is 0 Å². The molecular formula is C22H27ClN4O2. The Hall–Kier alpha value is -2.34. The minimum absolute atomic E-state index is 0.000640. The first-order valence-corrected chi connectivity index (χ1v) is 10.8. The third-order valence-electron chi connectivity index (χ3n) is 6.14. The second-order valence-electron chi connectivity index (χ2n) is 7.86. The van der Waals surface area contributed by atoms with Crippen molar-refractivity contribution >= 4 is 29.4 Å². The molecule has 2 aliphatic carbocycles. The van der Waals surface area contributed by atoms with E-state index in [0.29, 0.717) is 25.6 Å². The number of nitrogens with zero attached hydrogens (tertiary/aromatic N) is 2. The molecule has 4 unspecified atom stereocenters. The summed E-state index contributed by atoms with van der Waals surface area (Å²) in [5.41, 5.74) is 1.07. The maximum atomic E-state index is 12.7. The number of nitrogens with one attached hydrogen (secondary N) is 2. The van der Waals surface area contributed by atoms with Gasteiger partial charge in [-0.3, -0.25) is 19.5 Å². The van der Waals surface area contributed by atoms with Crippen molar-refractivity contribution in [3.8, 4) is 0 Å². The van der Waals surface area contributed by atoms with E-state index >= 15 is 0 Å². The third-order valence-corrected chi connectivity index (χ3v) is 6.51. The highest BCUT2D eigenvalue weighted by Crippen LogP contribution is 2.52. The molecule has 3 aliphatic rings. The first-order valence-electron chi connectivity index (χ1n) is 10.4. The van der Waals surface area contributed by atoms with E-state index in [1.54, 1.807) is 0 Å². The number of fused-ring (bicyclic) bond motifs is 5. The summed E-state index contributed by atoms with van der Waals surface area (Å²) < 4.78 is 0. The summed E-state index contributed by atoms with van der Waals surface area (Å²) >= 11 is 6.20. The van der Waals surface area contributed by atoms with Gasteiger partial charge in [0.05, 0.1) is 11.8 Å². The van der Waals surface area contributed by atoms with Gasteiger partial charge in [0.15, 0.2) is 5.96 Å². The van der Waals surface area contributed by atoms with E-state index in [1.165, 1.54) is 4.90 Å². The summed E-state index contributed by atoms with van der Waals surface area (Å²) in [4.78, 5) is 31.5. The molecule has 2 bridgehead atoms. The number of aliphatic imine (C=N–C) groups is 1. The number of carbonyl (C=O) groups is 2. The van der Waals surface area contributed by atoms with Crippen molar-refractivity contribution in [2.75, 3.05) is 26.2 Å². The lowest BCUT2D eigenvalue weighted by Gasteiger charge is -2.18. The van der Waals surface area contributed by atoms with Crippen molar-refractivity contribution in [1.82, 2.24) is 15.5 Å². The van der Waals surface area contributed by atoms with Gasteiger partial charge in [-0.1, -0.05) is 42.0 Å². The van der Waals surface area contributed by atoms with Crippen molar-refractivity contribution in [2.24, 2.45) is 28.7 Å². The monoisotopic (exact) mass is 414 g/mol. The Balaban J connectivity index is 1.29. The molecule has 0 radical (unpaired) electrons. The molecule has 0 aromatic heterocycles. The van der Waals surface area contributed by atoms with Crippen molar-refractivity contribution in [1.29, 1.82) is 0 Å². The van der Waals surface area contributed by atoms with Crippen LogP contribution in [0.2, 0.25) is 5.02 Å². The van der Waals surface area contributed by atoms with Crippen LogP contribution in [0.25, 0.3) is 0 Å². The molecular weight excluding hydrogens is 388 g/mol. The molecule has 2 amide bonds. The number of likely N-dealkylation sites (tertiary alicyclic amines) is 1. The van der Waals surface area contributed by atoms with Crippen molar-refractivity contribution < 1.29 is 9.59 Å². The molecule has 2 N–H and O–H groups in total. The summed E-state index contributed by atoms with van der Waals surface area (Å²) in [5, 5.41) is 7.19. The molecule has 6 nitrogen and oxygen atoms in total. The van der Waals surface area contributed by atoms with Gasteiger partial charge >= 0.3 is 0 Å². The van der Waals surface area contributed by atoms with Crippen LogP contribution in [0.1, 0.15) is 18.9 Å². The molecule has 1 saturated heterocycles. The first-order chi connectivity index (χ1) is 14.1. The molecule has 1 aromatic rings. The second kappa shape index (κ2) is 8.57. The lowest BCUT2D eigenvalue weighted by molar-refractivity contribution is -0.140. The van der Waals surface area contributed by atoms with Gasteiger partial charge < -0.3 is 10.6 Å². The van der Waals surface area contributed by atoms with E-state index in [4.69, 9.17) is 11.6 Å². The van der Waals surface area contributed by atoms with E-state index in [0.717, 1.165) is 30.0 Å². The SMILES string of the molecule is CCNC(=NCCc1ccccc1Cl)NCCN1C(=O)C2C3C=CC(C3)C2C1=O. The molecule has 1 aliphatic heterocycles. The van der Waals surface area contributed by atoms with E-state index in [-0.39, 0.29) is 35.5 Å². The summed E-state index contributed by atoms with van der Waals surface area (Å²) in [5.74, 6) is 0.926. The van der Waals surface area contributed by atoms with Gasteiger partial charge in [0.2, 0.25) is 11.8 Å². The maximum absolute atomic E-state index is 12.7. The number of amides is 2. The quantitative estimate of drug-likeness (QED) is 0.310. The average molecular weight is 415 g/mol. The summed E-state index contributed by atoms with van der Waals surface area (Å²) in [6.45, 7) is 4.19. The Morgan fingerprint density at radius 2 is 1.83 bits per heavy atom. The first kappa shape index (κ1) is 20.0. The van der Waals surface area contributed by atoms with Crippen LogP contribution in [0.5, 0.6) is 0 Å². The van der Waals surface area contributed by atoms with Crippen molar-refractivity contribution in [3.63, 3.8) is 0 Å². The number of hydrogen-bond donors (Lipinski definition) is 2. The standard InChI is InChI=1S/C22H27ClN4O2/c1-2-24-22(25-10-9-14-5-3-4-6-17(14)23)26-11-12-27-20(28)18-15-7-8-16(13-15)19(18)21(27)29/h3-8,15-16,18-19H,2,9-13H2,1H3,(H2,24,25,26). The van der Waals surface area contributed by atoms with E-state index < -0.39 is 0 Å². The highest BCUT2D eigenvalue weighted by atomic mass is 35.5. The minimum Gasteiger partial charge on any atom is -0.357 e. The molecule has 0 spiro atoms. The molecule has 7 heteroatoms. The van der Waals surface area contributed by atoms with Gasteiger partial charge in [0.1, 0.15) is 0 Å². The zero-order valence-electron chi connectivity index (χ0n) is 16.6. The molecule has 4 rings (SSSR count). The number of allylic oxidation sites excluding steroid dienone is 2. The highest BCUT2D eigenvalue weighted by Gasteiger charge is 2.58. The average Bonchev–Trinajstić information content (AvgIpc) is 3.39. The molecule has 29 heavy (non-hydrogen) atoms. The molecule has 2 fully saturated rings. The summed E-state index contributed by atoms with van der Waals surface area (Å²) in [7, 11) is 0. The Bertz CT molecular complexity index is 823. The van der Waals surface area contributed by atoms with Crippen LogP contribution in [-0.2, 0) is 16.0 Å². The van der Waals surface area contributed by atoms with Crippen LogP contribution in [0, 0.1) is 23.7 Å². The Morgan fingerprint density at radius 1 is 1.14 bits per heavy atom. The van der Waals surface area contributed by atoms with Gasteiger partial charge in [0.25, 0.3) is 0 Å². The van der Waals surface area contributed by atoms with Crippen LogP contribution in [-0.4, -0.2) is 48.9 Å². The normalized spacial score (nSPS) is 27.7. The number of imide groups is 1. The third kappa shape index (κ3) is 3.90. The minimum atomic E-state index is -0.130. The highest BCUT2D eigenvalue weighted by molar-refractivity contribution is 6.31. The Morgan fingerprint density at radius 3 is 2.48 bits per heavy atom. The van der Waals surface area contributed by atoms with Crippen molar-refractivity contribution in [2.45, 2.75) is 19.8 Å². The number of benzene rings is 1.